The average molecular weight is 471 g/mol. The molecule has 4 heteroatoms. The summed E-state index contributed by atoms with van der Waals surface area (Å²) >= 11 is 0. The van der Waals surface area contributed by atoms with E-state index in [-0.39, 0.29) is 33.5 Å². The van der Waals surface area contributed by atoms with Gasteiger partial charge in [-0.2, -0.15) is 0 Å². The molecule has 4 nitrogen and oxygen atoms in total. The minimum atomic E-state index is -0.810. The van der Waals surface area contributed by atoms with Crippen LogP contribution in [0.3, 0.4) is 0 Å². The maximum Gasteiger partial charge on any atom is 0.314 e. The molecule has 2 N–H and O–H groups in total. The van der Waals surface area contributed by atoms with Crippen LogP contribution in [-0.2, 0) is 9.59 Å². The Morgan fingerprint density at radius 1 is 0.941 bits per heavy atom. The third-order valence-electron chi connectivity index (χ3n) is 12.8. The lowest BCUT2D eigenvalue weighted by Crippen LogP contribution is -2.67. The van der Waals surface area contributed by atoms with Crippen LogP contribution in [0.2, 0.25) is 0 Å². The minimum absolute atomic E-state index is 0.0996. The molecule has 0 spiro atoms. The van der Waals surface area contributed by atoms with E-state index in [1.165, 1.54) is 18.4 Å². The smallest absolute Gasteiger partial charge is 0.314 e. The van der Waals surface area contributed by atoms with Crippen molar-refractivity contribution in [3.05, 3.63) is 11.6 Å². The zero-order valence-electron chi connectivity index (χ0n) is 22.2. The van der Waals surface area contributed by atoms with E-state index in [1.54, 1.807) is 0 Å². The molecule has 0 radical (unpaired) electrons. The molecule has 0 bridgehead atoms. The monoisotopic (exact) mass is 470 g/mol. The molecular weight excluding hydrogens is 424 g/mol. The fraction of sp³-hybridized carbons (Fsp3) is 0.867. The van der Waals surface area contributed by atoms with Crippen LogP contribution >= 0.6 is 0 Å². The Kier molecular flexibility index (Phi) is 5.20. The normalized spacial score (nSPS) is 53.9. The summed E-state index contributed by atoms with van der Waals surface area (Å²) in [6.45, 7) is 13.7. The molecule has 0 unspecified atom stereocenters. The first-order valence-electron chi connectivity index (χ1n) is 13.8. The van der Waals surface area contributed by atoms with Crippen molar-refractivity contribution >= 4 is 12.3 Å². The summed E-state index contributed by atoms with van der Waals surface area (Å²) in [4.78, 5) is 25.8. The van der Waals surface area contributed by atoms with Crippen LogP contribution in [0, 0.1) is 50.2 Å². The molecule has 5 rings (SSSR count). The molecule has 4 saturated carbocycles. The van der Waals surface area contributed by atoms with Crippen LogP contribution in [-0.4, -0.2) is 28.6 Å². The van der Waals surface area contributed by atoms with Crippen molar-refractivity contribution in [1.29, 1.82) is 0 Å². The molecule has 0 aromatic rings. The second-order valence-corrected chi connectivity index (χ2v) is 14.8. The first kappa shape index (κ1) is 24.5. The number of aliphatic hydroxyl groups is 1. The number of hydrogen-bond acceptors (Lipinski definition) is 3. The Labute approximate surface area is 206 Å². The van der Waals surface area contributed by atoms with E-state index in [2.05, 4.69) is 40.7 Å². The van der Waals surface area contributed by atoms with E-state index in [1.807, 2.05) is 6.92 Å². The number of carboxylic acids is 1. The zero-order chi connectivity index (χ0) is 24.9. The minimum Gasteiger partial charge on any atom is -0.481 e. The molecule has 0 aromatic heterocycles. The van der Waals surface area contributed by atoms with Crippen LogP contribution in [0.1, 0.15) is 106 Å². The van der Waals surface area contributed by atoms with Gasteiger partial charge in [0, 0.05) is 0 Å². The van der Waals surface area contributed by atoms with Crippen molar-refractivity contribution < 1.29 is 19.8 Å². The van der Waals surface area contributed by atoms with Crippen LogP contribution in [0.15, 0.2) is 11.6 Å². The van der Waals surface area contributed by atoms with Crippen molar-refractivity contribution in [2.24, 2.45) is 50.2 Å². The predicted octanol–water partition coefficient (Wildman–Crippen LogP) is 6.41. The summed E-state index contributed by atoms with van der Waals surface area (Å²) in [5, 5.41) is 21.9. The van der Waals surface area contributed by atoms with Crippen LogP contribution in [0.4, 0.5) is 0 Å². The molecule has 190 valence electrons. The van der Waals surface area contributed by atoms with Crippen molar-refractivity contribution in [2.45, 2.75) is 112 Å². The Morgan fingerprint density at radius 2 is 1.62 bits per heavy atom. The molecule has 4 fully saturated rings. The van der Waals surface area contributed by atoms with Gasteiger partial charge in [-0.05, 0) is 104 Å². The van der Waals surface area contributed by atoms with Gasteiger partial charge in [0.1, 0.15) is 6.29 Å². The highest BCUT2D eigenvalue weighted by molar-refractivity contribution is 5.81. The van der Waals surface area contributed by atoms with E-state index >= 15 is 0 Å². The topological polar surface area (TPSA) is 74.6 Å². The van der Waals surface area contributed by atoms with Gasteiger partial charge in [-0.25, -0.2) is 0 Å². The molecule has 0 saturated heterocycles. The third kappa shape index (κ3) is 2.81. The number of aldehydes is 1. The Morgan fingerprint density at radius 3 is 2.26 bits per heavy atom. The molecule has 0 aromatic carbocycles. The van der Waals surface area contributed by atoms with Gasteiger partial charge in [0.15, 0.2) is 0 Å². The van der Waals surface area contributed by atoms with Crippen LogP contribution in [0.25, 0.3) is 0 Å². The molecule has 5 aliphatic carbocycles. The van der Waals surface area contributed by atoms with Gasteiger partial charge in [-0.3, -0.25) is 4.79 Å². The molecule has 0 heterocycles. The Hall–Kier alpha value is -1.16. The molecular formula is C30H46O4. The molecule has 0 aliphatic heterocycles. The molecule has 0 amide bonds. The van der Waals surface area contributed by atoms with Gasteiger partial charge in [-0.1, -0.05) is 53.2 Å². The predicted molar refractivity (Wildman–Crippen MR) is 133 cm³/mol. The SMILES string of the molecule is CC1(C)CC[C@]2(C)CC[C@]3(C(=O)O)C(=CC[C@@H]4[C@@]5(C)CC[C@@H](O)[C@@](C)(C=O)[C@@H]5CC[C@]43C)[C@H]2C1. The number of carboxylic acid groups (broad SMARTS) is 1. The third-order valence-corrected chi connectivity index (χ3v) is 12.8. The highest BCUT2D eigenvalue weighted by Crippen LogP contribution is 2.75. The van der Waals surface area contributed by atoms with Gasteiger partial charge in [0.25, 0.3) is 0 Å². The fourth-order valence-corrected chi connectivity index (χ4v) is 10.5. The number of allylic oxidation sites excluding steroid dienone is 1. The summed E-state index contributed by atoms with van der Waals surface area (Å²) < 4.78 is 0. The van der Waals surface area contributed by atoms with Gasteiger partial charge in [0.2, 0.25) is 0 Å². The lowest BCUT2D eigenvalue weighted by molar-refractivity contribution is -0.213. The number of aliphatic hydroxyl groups excluding tert-OH is 1. The van der Waals surface area contributed by atoms with E-state index in [0.29, 0.717) is 12.3 Å². The Bertz CT molecular complexity index is 936. The quantitative estimate of drug-likeness (QED) is 0.361. The number of rotatable bonds is 2. The summed E-state index contributed by atoms with van der Waals surface area (Å²) in [5.74, 6) is 0.0409. The standard InChI is InChI=1S/C30H46O4/c1-25(2)13-14-26(3)15-16-30(24(33)34)19(20(26)17-25)7-8-22-27(4)11-10-23(32)28(5,18-31)21(27)9-12-29(22,30)6/h7,18,20-23,32H,8-17H2,1-6H3,(H,33,34)/t20-,21-,22-,23-,26-,27+,28+,29-,30-/m1/s1. The number of fused-ring (bicyclic) bond motifs is 7. The second kappa shape index (κ2) is 7.20. The van der Waals surface area contributed by atoms with E-state index < -0.39 is 22.9 Å². The summed E-state index contributed by atoms with van der Waals surface area (Å²) in [5.41, 5.74) is -0.323. The molecule has 9 atom stereocenters. The van der Waals surface area contributed by atoms with Crippen molar-refractivity contribution in [3.8, 4) is 0 Å². The second-order valence-electron chi connectivity index (χ2n) is 14.8. The Balaban J connectivity index is 1.65. The van der Waals surface area contributed by atoms with Gasteiger partial charge in [0.05, 0.1) is 16.9 Å². The highest BCUT2D eigenvalue weighted by atomic mass is 16.4. The average Bonchev–Trinajstić information content (AvgIpc) is 2.76. The number of carbonyl (C=O) groups is 2. The zero-order valence-corrected chi connectivity index (χ0v) is 22.2. The summed E-state index contributed by atoms with van der Waals surface area (Å²) in [6, 6.07) is 0. The number of aliphatic carboxylic acids is 1. The van der Waals surface area contributed by atoms with Crippen LogP contribution < -0.4 is 0 Å². The van der Waals surface area contributed by atoms with Gasteiger partial charge < -0.3 is 15.0 Å². The van der Waals surface area contributed by atoms with Crippen molar-refractivity contribution in [2.75, 3.05) is 0 Å². The highest BCUT2D eigenvalue weighted by Gasteiger charge is 2.72. The van der Waals surface area contributed by atoms with E-state index in [0.717, 1.165) is 51.2 Å². The van der Waals surface area contributed by atoms with E-state index in [4.69, 9.17) is 0 Å². The maximum atomic E-state index is 13.5. The van der Waals surface area contributed by atoms with Crippen LogP contribution in [0.5, 0.6) is 0 Å². The summed E-state index contributed by atoms with van der Waals surface area (Å²) in [7, 11) is 0. The fourth-order valence-electron chi connectivity index (χ4n) is 10.5. The number of hydrogen-bond donors (Lipinski definition) is 2. The molecule has 34 heavy (non-hydrogen) atoms. The maximum absolute atomic E-state index is 13.5. The van der Waals surface area contributed by atoms with Gasteiger partial charge in [-0.15, -0.1) is 0 Å². The number of carbonyl (C=O) groups excluding carboxylic acids is 1. The van der Waals surface area contributed by atoms with Crippen molar-refractivity contribution in [1.82, 2.24) is 0 Å². The van der Waals surface area contributed by atoms with Crippen molar-refractivity contribution in [3.63, 3.8) is 0 Å². The first-order chi connectivity index (χ1) is 15.7. The van der Waals surface area contributed by atoms with E-state index in [9.17, 15) is 19.8 Å². The summed E-state index contributed by atoms with van der Waals surface area (Å²) in [6.07, 6.45) is 12.1. The lowest BCUT2D eigenvalue weighted by atomic mass is 9.33. The first-order valence-corrected chi connectivity index (χ1v) is 13.8. The largest absolute Gasteiger partial charge is 0.481 e. The van der Waals surface area contributed by atoms with Gasteiger partial charge >= 0.3 is 5.97 Å². The lowest BCUT2D eigenvalue weighted by Gasteiger charge is -2.70. The molecule has 5 aliphatic rings.